The Kier molecular flexibility index (Phi) is 4.90. The van der Waals surface area contributed by atoms with Crippen LogP contribution in [0.2, 0.25) is 0 Å². The maximum absolute atomic E-state index is 11.8. The quantitative estimate of drug-likeness (QED) is 0.454. The summed E-state index contributed by atoms with van der Waals surface area (Å²) in [6.07, 6.45) is 5.00. The van der Waals surface area contributed by atoms with Gasteiger partial charge >= 0.3 is 5.97 Å². The third kappa shape index (κ3) is 3.65. The number of hydrogen-bond donors (Lipinski definition) is 0. The Balaban J connectivity index is 1.48. The van der Waals surface area contributed by atoms with Crippen LogP contribution in [0.15, 0.2) is 65.4 Å². The first-order valence-corrected chi connectivity index (χ1v) is 9.48. The Morgan fingerprint density at radius 3 is 2.79 bits per heavy atom. The standard InChI is InChI=1S/C23H23NO4/c1-14(2)23(25)28-20-9-8-19(15(20)3)26-18-7-6-16-11-21(27-22(16)12-18)17-5-4-10-24-13-17/h4-7,10-13,15,19-20H,1,8-9H2,2-3H3. The van der Waals surface area contributed by atoms with Crippen molar-refractivity contribution in [3.63, 3.8) is 0 Å². The smallest absolute Gasteiger partial charge is 0.333 e. The number of hydrogen-bond acceptors (Lipinski definition) is 5. The van der Waals surface area contributed by atoms with Crippen molar-refractivity contribution >= 4 is 16.9 Å². The summed E-state index contributed by atoms with van der Waals surface area (Å²) < 4.78 is 17.7. The maximum atomic E-state index is 11.8. The molecule has 0 N–H and O–H groups in total. The molecule has 2 aromatic heterocycles. The SMILES string of the molecule is C=C(C)C(=O)OC1CCC(Oc2ccc3cc(-c4cccnc4)oc3c2)C1C. The Morgan fingerprint density at radius 2 is 2.04 bits per heavy atom. The number of fused-ring (bicyclic) bond motifs is 1. The van der Waals surface area contributed by atoms with E-state index in [0.717, 1.165) is 40.9 Å². The van der Waals surface area contributed by atoms with Gasteiger partial charge < -0.3 is 13.9 Å². The van der Waals surface area contributed by atoms with E-state index in [-0.39, 0.29) is 24.1 Å². The van der Waals surface area contributed by atoms with Gasteiger partial charge in [-0.15, -0.1) is 0 Å². The van der Waals surface area contributed by atoms with E-state index in [2.05, 4.69) is 18.5 Å². The first-order valence-electron chi connectivity index (χ1n) is 9.48. The molecule has 0 amide bonds. The zero-order valence-electron chi connectivity index (χ0n) is 16.1. The first-order chi connectivity index (χ1) is 13.5. The van der Waals surface area contributed by atoms with Crippen molar-refractivity contribution in [2.24, 2.45) is 5.92 Å². The lowest BCUT2D eigenvalue weighted by atomic mass is 10.1. The highest BCUT2D eigenvalue weighted by atomic mass is 16.5. The molecule has 0 spiro atoms. The molecule has 5 nitrogen and oxygen atoms in total. The van der Waals surface area contributed by atoms with Crippen LogP contribution < -0.4 is 4.74 Å². The normalized spacial score (nSPS) is 21.6. The van der Waals surface area contributed by atoms with Crippen molar-refractivity contribution in [3.05, 3.63) is 60.9 Å². The van der Waals surface area contributed by atoms with Gasteiger partial charge in [-0.05, 0) is 50.1 Å². The summed E-state index contributed by atoms with van der Waals surface area (Å²) in [5.41, 5.74) is 2.13. The minimum Gasteiger partial charge on any atom is -0.490 e. The molecule has 3 atom stereocenters. The van der Waals surface area contributed by atoms with Gasteiger partial charge in [-0.2, -0.15) is 0 Å². The minimum atomic E-state index is -0.336. The fourth-order valence-electron chi connectivity index (χ4n) is 3.57. The molecular formula is C23H23NO4. The van der Waals surface area contributed by atoms with E-state index in [4.69, 9.17) is 13.9 Å². The molecule has 1 aromatic carbocycles. The van der Waals surface area contributed by atoms with Gasteiger partial charge in [-0.1, -0.05) is 13.5 Å². The topological polar surface area (TPSA) is 61.6 Å². The summed E-state index contributed by atoms with van der Waals surface area (Å²) in [6, 6.07) is 11.7. The summed E-state index contributed by atoms with van der Waals surface area (Å²) in [4.78, 5) is 15.9. The van der Waals surface area contributed by atoms with Crippen molar-refractivity contribution in [2.75, 3.05) is 0 Å². The third-order valence-electron chi connectivity index (χ3n) is 5.24. The van der Waals surface area contributed by atoms with Crippen LogP contribution in [-0.2, 0) is 9.53 Å². The molecule has 144 valence electrons. The Morgan fingerprint density at radius 1 is 1.21 bits per heavy atom. The molecule has 3 unspecified atom stereocenters. The monoisotopic (exact) mass is 377 g/mol. The van der Waals surface area contributed by atoms with E-state index in [9.17, 15) is 4.79 Å². The van der Waals surface area contributed by atoms with E-state index < -0.39 is 0 Å². The lowest BCUT2D eigenvalue weighted by Gasteiger charge is -2.22. The zero-order chi connectivity index (χ0) is 19.7. The van der Waals surface area contributed by atoms with Crippen molar-refractivity contribution in [3.8, 4) is 17.1 Å². The van der Waals surface area contributed by atoms with Gasteiger partial charge in [0.1, 0.15) is 29.3 Å². The number of carbonyl (C=O) groups is 1. The Bertz CT molecular complexity index is 1010. The molecule has 1 aliphatic carbocycles. The average molecular weight is 377 g/mol. The summed E-state index contributed by atoms with van der Waals surface area (Å²) >= 11 is 0. The number of esters is 1. The number of aromatic nitrogens is 1. The number of ether oxygens (including phenoxy) is 2. The van der Waals surface area contributed by atoms with Crippen molar-refractivity contribution in [1.29, 1.82) is 0 Å². The molecule has 0 bridgehead atoms. The first kappa shape index (κ1) is 18.3. The lowest BCUT2D eigenvalue weighted by molar-refractivity contribution is -0.146. The molecule has 4 rings (SSSR count). The van der Waals surface area contributed by atoms with Crippen LogP contribution in [-0.4, -0.2) is 23.2 Å². The van der Waals surface area contributed by atoms with Crippen LogP contribution in [0.1, 0.15) is 26.7 Å². The maximum Gasteiger partial charge on any atom is 0.333 e. The van der Waals surface area contributed by atoms with Crippen LogP contribution in [0, 0.1) is 5.92 Å². The van der Waals surface area contributed by atoms with Gasteiger partial charge in [0.25, 0.3) is 0 Å². The largest absolute Gasteiger partial charge is 0.490 e. The van der Waals surface area contributed by atoms with E-state index in [1.165, 1.54) is 0 Å². The summed E-state index contributed by atoms with van der Waals surface area (Å²) in [6.45, 7) is 7.36. The van der Waals surface area contributed by atoms with Gasteiger partial charge in [0, 0.05) is 40.9 Å². The van der Waals surface area contributed by atoms with Gasteiger partial charge in [0.2, 0.25) is 0 Å². The van der Waals surface area contributed by atoms with Crippen molar-refractivity contribution in [2.45, 2.75) is 38.9 Å². The van der Waals surface area contributed by atoms with Crippen LogP contribution in [0.4, 0.5) is 0 Å². The summed E-state index contributed by atoms with van der Waals surface area (Å²) in [7, 11) is 0. The fourth-order valence-corrected chi connectivity index (χ4v) is 3.57. The highest BCUT2D eigenvalue weighted by Crippen LogP contribution is 2.34. The van der Waals surface area contributed by atoms with Gasteiger partial charge in [-0.3, -0.25) is 4.98 Å². The highest BCUT2D eigenvalue weighted by Gasteiger charge is 2.37. The Hall–Kier alpha value is -3.08. The number of carbonyl (C=O) groups excluding carboxylic acids is 1. The molecule has 1 fully saturated rings. The van der Waals surface area contributed by atoms with E-state index >= 15 is 0 Å². The number of nitrogens with zero attached hydrogens (tertiary/aromatic N) is 1. The van der Waals surface area contributed by atoms with Gasteiger partial charge in [0.05, 0.1) is 0 Å². The molecule has 28 heavy (non-hydrogen) atoms. The van der Waals surface area contributed by atoms with E-state index in [1.807, 2.05) is 36.4 Å². The molecule has 1 aliphatic rings. The second-order valence-electron chi connectivity index (χ2n) is 7.37. The fraction of sp³-hybridized carbons (Fsp3) is 0.304. The molecule has 1 saturated carbocycles. The molecule has 5 heteroatoms. The van der Waals surface area contributed by atoms with Crippen LogP contribution in [0.25, 0.3) is 22.3 Å². The molecule has 2 heterocycles. The van der Waals surface area contributed by atoms with Gasteiger partial charge in [-0.25, -0.2) is 4.79 Å². The number of benzene rings is 1. The second-order valence-corrected chi connectivity index (χ2v) is 7.37. The number of rotatable bonds is 5. The highest BCUT2D eigenvalue weighted by molar-refractivity contribution is 5.87. The van der Waals surface area contributed by atoms with E-state index in [1.54, 1.807) is 19.3 Å². The molecule has 0 radical (unpaired) electrons. The molecule has 3 aromatic rings. The lowest BCUT2D eigenvalue weighted by Crippen LogP contribution is -2.28. The van der Waals surface area contributed by atoms with E-state index in [0.29, 0.717) is 5.57 Å². The van der Waals surface area contributed by atoms with Gasteiger partial charge in [0.15, 0.2) is 0 Å². The molecule has 0 saturated heterocycles. The second kappa shape index (κ2) is 7.50. The third-order valence-corrected chi connectivity index (χ3v) is 5.24. The predicted octanol–water partition coefficient (Wildman–Crippen LogP) is 5.16. The van der Waals surface area contributed by atoms with Crippen molar-refractivity contribution < 1.29 is 18.7 Å². The number of furan rings is 1. The number of pyridine rings is 1. The molecule has 0 aliphatic heterocycles. The zero-order valence-corrected chi connectivity index (χ0v) is 16.1. The Labute approximate surface area is 164 Å². The average Bonchev–Trinajstić information content (AvgIpc) is 3.27. The summed E-state index contributed by atoms with van der Waals surface area (Å²) in [5, 5.41) is 1.01. The summed E-state index contributed by atoms with van der Waals surface area (Å²) in [5.74, 6) is 1.31. The minimum absolute atomic E-state index is 0.00636. The predicted molar refractivity (Wildman–Crippen MR) is 107 cm³/mol. The van der Waals surface area contributed by atoms with Crippen LogP contribution in [0.3, 0.4) is 0 Å². The van der Waals surface area contributed by atoms with Crippen molar-refractivity contribution in [1.82, 2.24) is 4.98 Å². The van der Waals surface area contributed by atoms with Crippen LogP contribution >= 0.6 is 0 Å². The van der Waals surface area contributed by atoms with Crippen LogP contribution in [0.5, 0.6) is 5.75 Å². The molecular weight excluding hydrogens is 354 g/mol.